The van der Waals surface area contributed by atoms with Gasteiger partial charge in [-0.25, -0.2) is 0 Å². The fourth-order valence-corrected chi connectivity index (χ4v) is 2.18. The second-order valence-electron chi connectivity index (χ2n) is 4.73. The van der Waals surface area contributed by atoms with Crippen LogP contribution in [0.15, 0.2) is 42.5 Å². The SMILES string of the molecule is CC(NCc1cc(Cl)ccc1O)c1cccc([N+](=O)[O-])c1. The molecule has 0 aliphatic rings. The molecular formula is C15H15ClN2O3. The van der Waals surface area contributed by atoms with Crippen molar-refractivity contribution in [2.24, 2.45) is 0 Å². The monoisotopic (exact) mass is 306 g/mol. The molecule has 0 spiro atoms. The van der Waals surface area contributed by atoms with Gasteiger partial charge in [-0.05, 0) is 30.7 Å². The number of nitro benzene ring substituents is 1. The third-order valence-corrected chi connectivity index (χ3v) is 3.46. The summed E-state index contributed by atoms with van der Waals surface area (Å²) in [6, 6.07) is 11.2. The molecule has 2 rings (SSSR count). The van der Waals surface area contributed by atoms with Crippen molar-refractivity contribution in [3.8, 4) is 5.75 Å². The Morgan fingerprint density at radius 3 is 2.81 bits per heavy atom. The predicted octanol–water partition coefficient (Wildman–Crippen LogP) is 3.80. The van der Waals surface area contributed by atoms with Crippen molar-refractivity contribution in [3.05, 3.63) is 68.7 Å². The summed E-state index contributed by atoms with van der Waals surface area (Å²) in [6.07, 6.45) is 0. The Balaban J connectivity index is 2.08. The van der Waals surface area contributed by atoms with Crippen LogP contribution in [-0.4, -0.2) is 10.0 Å². The van der Waals surface area contributed by atoms with Crippen LogP contribution in [0.3, 0.4) is 0 Å². The highest BCUT2D eigenvalue weighted by Crippen LogP contribution is 2.23. The molecule has 0 heterocycles. The summed E-state index contributed by atoms with van der Waals surface area (Å²) in [5.74, 6) is 0.165. The van der Waals surface area contributed by atoms with E-state index in [1.54, 1.807) is 18.2 Å². The van der Waals surface area contributed by atoms with Crippen molar-refractivity contribution < 1.29 is 10.0 Å². The summed E-state index contributed by atoms with van der Waals surface area (Å²) in [4.78, 5) is 10.4. The topological polar surface area (TPSA) is 75.4 Å². The van der Waals surface area contributed by atoms with Crippen LogP contribution in [0.5, 0.6) is 5.75 Å². The first-order valence-electron chi connectivity index (χ1n) is 6.42. The molecule has 2 N–H and O–H groups in total. The lowest BCUT2D eigenvalue weighted by Gasteiger charge is -2.15. The zero-order valence-electron chi connectivity index (χ0n) is 11.4. The van der Waals surface area contributed by atoms with Gasteiger partial charge in [-0.1, -0.05) is 23.7 Å². The highest BCUT2D eigenvalue weighted by Gasteiger charge is 2.11. The fraction of sp³-hybridized carbons (Fsp3) is 0.200. The average molecular weight is 307 g/mol. The molecule has 0 saturated carbocycles. The van der Waals surface area contributed by atoms with Gasteiger partial charge in [0.2, 0.25) is 0 Å². The van der Waals surface area contributed by atoms with Crippen molar-refractivity contribution in [3.63, 3.8) is 0 Å². The van der Waals surface area contributed by atoms with E-state index in [-0.39, 0.29) is 17.5 Å². The number of nitro groups is 1. The molecule has 0 aromatic heterocycles. The largest absolute Gasteiger partial charge is 0.508 e. The summed E-state index contributed by atoms with van der Waals surface area (Å²) >= 11 is 5.89. The highest BCUT2D eigenvalue weighted by atomic mass is 35.5. The fourth-order valence-electron chi connectivity index (χ4n) is 1.98. The lowest BCUT2D eigenvalue weighted by atomic mass is 10.1. The minimum atomic E-state index is -0.418. The lowest BCUT2D eigenvalue weighted by molar-refractivity contribution is -0.384. The summed E-state index contributed by atoms with van der Waals surface area (Å²) < 4.78 is 0. The van der Waals surface area contributed by atoms with Crippen LogP contribution in [0, 0.1) is 10.1 Å². The Bertz CT molecular complexity index is 661. The molecule has 0 fully saturated rings. The molecule has 21 heavy (non-hydrogen) atoms. The number of halogens is 1. The second kappa shape index (κ2) is 6.56. The third kappa shape index (κ3) is 3.93. The van der Waals surface area contributed by atoms with E-state index in [0.29, 0.717) is 17.1 Å². The van der Waals surface area contributed by atoms with Gasteiger partial charge in [-0.2, -0.15) is 0 Å². The van der Waals surface area contributed by atoms with Gasteiger partial charge >= 0.3 is 0 Å². The first-order valence-corrected chi connectivity index (χ1v) is 6.80. The number of aromatic hydroxyl groups is 1. The van der Waals surface area contributed by atoms with Gasteiger partial charge in [0, 0.05) is 35.3 Å². The minimum Gasteiger partial charge on any atom is -0.508 e. The van der Waals surface area contributed by atoms with Crippen molar-refractivity contribution in [1.82, 2.24) is 5.32 Å². The molecule has 2 aromatic carbocycles. The number of non-ortho nitro benzene ring substituents is 1. The van der Waals surface area contributed by atoms with Gasteiger partial charge in [-0.15, -0.1) is 0 Å². The van der Waals surface area contributed by atoms with E-state index in [0.717, 1.165) is 5.56 Å². The van der Waals surface area contributed by atoms with Gasteiger partial charge in [0.25, 0.3) is 5.69 Å². The molecule has 0 bridgehead atoms. The molecule has 2 aromatic rings. The van der Waals surface area contributed by atoms with E-state index in [9.17, 15) is 15.2 Å². The smallest absolute Gasteiger partial charge is 0.269 e. The van der Waals surface area contributed by atoms with Crippen LogP contribution < -0.4 is 5.32 Å². The maximum atomic E-state index is 10.8. The Kier molecular flexibility index (Phi) is 4.77. The van der Waals surface area contributed by atoms with E-state index in [4.69, 9.17) is 11.6 Å². The van der Waals surface area contributed by atoms with Crippen LogP contribution in [0.2, 0.25) is 5.02 Å². The summed E-state index contributed by atoms with van der Waals surface area (Å²) in [5.41, 5.74) is 1.55. The van der Waals surface area contributed by atoms with E-state index in [1.165, 1.54) is 18.2 Å². The second-order valence-corrected chi connectivity index (χ2v) is 5.16. The molecule has 1 unspecified atom stereocenters. The number of rotatable bonds is 5. The molecule has 0 aliphatic heterocycles. The molecule has 1 atom stereocenters. The van der Waals surface area contributed by atoms with Gasteiger partial charge < -0.3 is 10.4 Å². The normalized spacial score (nSPS) is 12.1. The van der Waals surface area contributed by atoms with E-state index in [1.807, 2.05) is 13.0 Å². The number of phenols is 1. The van der Waals surface area contributed by atoms with Gasteiger partial charge in [-0.3, -0.25) is 10.1 Å². The Labute approximate surface area is 127 Å². The number of benzene rings is 2. The van der Waals surface area contributed by atoms with Crippen molar-refractivity contribution in [2.75, 3.05) is 0 Å². The predicted molar refractivity (Wildman–Crippen MR) is 81.5 cm³/mol. The Hall–Kier alpha value is -2.11. The van der Waals surface area contributed by atoms with Crippen LogP contribution in [0.4, 0.5) is 5.69 Å². The van der Waals surface area contributed by atoms with Gasteiger partial charge in [0.05, 0.1) is 4.92 Å². The maximum absolute atomic E-state index is 10.8. The van der Waals surface area contributed by atoms with E-state index in [2.05, 4.69) is 5.32 Å². The number of hydrogen-bond donors (Lipinski definition) is 2. The number of nitrogens with zero attached hydrogens (tertiary/aromatic N) is 1. The Morgan fingerprint density at radius 2 is 2.10 bits per heavy atom. The molecule has 0 aliphatic carbocycles. The Morgan fingerprint density at radius 1 is 1.33 bits per heavy atom. The maximum Gasteiger partial charge on any atom is 0.269 e. The van der Waals surface area contributed by atoms with Crippen LogP contribution in [0.25, 0.3) is 0 Å². The van der Waals surface area contributed by atoms with Gasteiger partial charge in [0.1, 0.15) is 5.75 Å². The quantitative estimate of drug-likeness (QED) is 0.650. The summed E-state index contributed by atoms with van der Waals surface area (Å²) in [6.45, 7) is 2.32. The van der Waals surface area contributed by atoms with Crippen molar-refractivity contribution >= 4 is 17.3 Å². The lowest BCUT2D eigenvalue weighted by Crippen LogP contribution is -2.18. The van der Waals surface area contributed by atoms with Crippen LogP contribution in [0.1, 0.15) is 24.1 Å². The number of nitrogens with one attached hydrogen (secondary N) is 1. The highest BCUT2D eigenvalue weighted by molar-refractivity contribution is 6.30. The molecule has 6 heteroatoms. The standard InChI is InChI=1S/C15H15ClN2O3/c1-10(11-3-2-4-14(8-11)18(20)21)17-9-12-7-13(16)5-6-15(12)19/h2-8,10,17,19H,9H2,1H3. The van der Waals surface area contributed by atoms with Crippen molar-refractivity contribution in [2.45, 2.75) is 19.5 Å². The summed E-state index contributed by atoms with van der Waals surface area (Å²) in [7, 11) is 0. The van der Waals surface area contributed by atoms with E-state index < -0.39 is 4.92 Å². The van der Waals surface area contributed by atoms with Gasteiger partial charge in [0.15, 0.2) is 0 Å². The van der Waals surface area contributed by atoms with E-state index >= 15 is 0 Å². The van der Waals surface area contributed by atoms with Crippen molar-refractivity contribution in [1.29, 1.82) is 0 Å². The molecule has 5 nitrogen and oxygen atoms in total. The van der Waals surface area contributed by atoms with Crippen LogP contribution in [-0.2, 0) is 6.54 Å². The zero-order valence-corrected chi connectivity index (χ0v) is 12.2. The van der Waals surface area contributed by atoms with Crippen LogP contribution >= 0.6 is 11.6 Å². The third-order valence-electron chi connectivity index (χ3n) is 3.22. The number of phenolic OH excluding ortho intramolecular Hbond substituents is 1. The average Bonchev–Trinajstić information content (AvgIpc) is 2.48. The molecular weight excluding hydrogens is 292 g/mol. The molecule has 0 saturated heterocycles. The number of hydrogen-bond acceptors (Lipinski definition) is 4. The zero-order chi connectivity index (χ0) is 15.4. The minimum absolute atomic E-state index is 0.0618. The molecule has 0 radical (unpaired) electrons. The summed E-state index contributed by atoms with van der Waals surface area (Å²) in [5, 5.41) is 24.3. The first-order chi connectivity index (χ1) is 9.97. The molecule has 110 valence electrons. The molecule has 0 amide bonds. The first kappa shape index (κ1) is 15.3.